The number of hydrogen-bond acceptors (Lipinski definition) is 1. The maximum Gasteiger partial charge on any atom is 0.0714 e. The molecule has 1 nitrogen and oxygen atoms in total. The van der Waals surface area contributed by atoms with Crippen LogP contribution in [0.4, 0.5) is 17.1 Å². The van der Waals surface area contributed by atoms with Gasteiger partial charge in [0.1, 0.15) is 0 Å². The van der Waals surface area contributed by atoms with Crippen molar-refractivity contribution in [2.75, 3.05) is 4.90 Å². The van der Waals surface area contributed by atoms with E-state index in [-0.39, 0.29) is 0 Å². The number of fused-ring (bicyclic) bond motifs is 6. The van der Waals surface area contributed by atoms with Crippen LogP contribution in [0.3, 0.4) is 0 Å². The fourth-order valence-electron chi connectivity index (χ4n) is 13.5. The number of benzene rings is 9. The van der Waals surface area contributed by atoms with Gasteiger partial charge in [-0.2, -0.15) is 0 Å². The molecule has 3 unspecified atom stereocenters. The Morgan fingerprint density at radius 1 is 0.418 bits per heavy atom. The Morgan fingerprint density at radius 2 is 1.04 bits per heavy atom. The molecule has 4 aliphatic carbocycles. The van der Waals surface area contributed by atoms with Gasteiger partial charge in [0, 0.05) is 16.9 Å². The molecule has 0 N–H and O–H groups in total. The lowest BCUT2D eigenvalue weighted by molar-refractivity contribution is 0.420. The molecule has 1 heteroatoms. The number of hydrogen-bond donors (Lipinski definition) is 0. The SMILES string of the molecule is c1ccc(-c2cc3ccccc3cc2N(c2ccc(-c3ccc(C4CC5CCC4C5)cc3)cc2)c2ccc3c(c2)C(c2ccccc2)(c2ccccc2)c2cccc(C4CCCCC4)c2-3)cc1. The minimum atomic E-state index is -0.515. The summed E-state index contributed by atoms with van der Waals surface area (Å²) >= 11 is 0. The van der Waals surface area contributed by atoms with Gasteiger partial charge in [0.25, 0.3) is 0 Å². The quantitative estimate of drug-likeness (QED) is 0.140. The summed E-state index contributed by atoms with van der Waals surface area (Å²) in [6, 6.07) is 81.0. The van der Waals surface area contributed by atoms with Crippen LogP contribution < -0.4 is 4.90 Å². The summed E-state index contributed by atoms with van der Waals surface area (Å²) in [5.74, 6) is 3.14. The fourth-order valence-corrected chi connectivity index (χ4v) is 13.5. The van der Waals surface area contributed by atoms with Crippen molar-refractivity contribution in [3.8, 4) is 33.4 Å². The molecule has 3 fully saturated rings. The van der Waals surface area contributed by atoms with Gasteiger partial charge in [-0.3, -0.25) is 0 Å². The molecule has 0 aliphatic heterocycles. The molecule has 2 bridgehead atoms. The van der Waals surface area contributed by atoms with Gasteiger partial charge in [-0.25, -0.2) is 0 Å². The van der Waals surface area contributed by atoms with Crippen molar-refractivity contribution in [2.24, 2.45) is 11.8 Å². The van der Waals surface area contributed by atoms with Gasteiger partial charge in [-0.15, -0.1) is 0 Å². The molecule has 0 aromatic heterocycles. The van der Waals surface area contributed by atoms with E-state index in [0.29, 0.717) is 5.92 Å². The molecule has 3 saturated carbocycles. The van der Waals surface area contributed by atoms with E-state index >= 15 is 0 Å². The largest absolute Gasteiger partial charge is 0.310 e. The van der Waals surface area contributed by atoms with Crippen LogP contribution in [-0.4, -0.2) is 0 Å². The molecule has 0 heterocycles. The minimum Gasteiger partial charge on any atom is -0.310 e. The first-order valence-corrected chi connectivity index (χ1v) is 25.2. The summed E-state index contributed by atoms with van der Waals surface area (Å²) in [6.07, 6.45) is 12.1. The molecule has 0 amide bonds. The smallest absolute Gasteiger partial charge is 0.0714 e. The lowest BCUT2D eigenvalue weighted by atomic mass is 9.67. The Kier molecular flexibility index (Phi) is 10.1. The van der Waals surface area contributed by atoms with Crippen molar-refractivity contribution < 1.29 is 0 Å². The second-order valence-corrected chi connectivity index (χ2v) is 20.2. The van der Waals surface area contributed by atoms with Gasteiger partial charge < -0.3 is 4.90 Å². The molecule has 0 spiro atoms. The Morgan fingerprint density at radius 3 is 1.70 bits per heavy atom. The lowest BCUT2D eigenvalue weighted by Crippen LogP contribution is -2.29. The standard InChI is InChI=1S/C66H57N/c1-5-16-48(17-6-1)58-26-15-27-62-65(58)59-39-38-57(44-63(59)66(62,54-22-9-3-10-23-54)55-24-11-4-12-25-55)67(64-43-52-21-14-13-20-51(52)42-61(64)49-18-7-2-8-19-49)56-36-34-47(35-37-56)46-30-32-50(33-31-46)60-41-45-28-29-53(60)40-45/h2-4,7-15,18-27,30-39,42-45,48,53,60H,1,5-6,16-17,28-29,40-41H2. The summed E-state index contributed by atoms with van der Waals surface area (Å²) in [7, 11) is 0. The highest BCUT2D eigenvalue weighted by molar-refractivity contribution is 5.99. The monoisotopic (exact) mass is 863 g/mol. The average molecular weight is 864 g/mol. The van der Waals surface area contributed by atoms with Crippen LogP contribution in [0.1, 0.15) is 103 Å². The molecular formula is C66H57N. The van der Waals surface area contributed by atoms with E-state index in [9.17, 15) is 0 Å². The zero-order chi connectivity index (χ0) is 44.3. The van der Waals surface area contributed by atoms with Crippen molar-refractivity contribution in [2.45, 2.75) is 75.0 Å². The van der Waals surface area contributed by atoms with E-state index in [0.717, 1.165) is 34.8 Å². The summed E-state index contributed by atoms with van der Waals surface area (Å²) in [5, 5.41) is 2.46. The predicted molar refractivity (Wildman–Crippen MR) is 281 cm³/mol. The van der Waals surface area contributed by atoms with Crippen molar-refractivity contribution in [1.29, 1.82) is 0 Å². The summed E-state index contributed by atoms with van der Waals surface area (Å²) < 4.78 is 0. The van der Waals surface area contributed by atoms with Gasteiger partial charge in [-0.05, 0) is 164 Å². The Labute approximate surface area is 396 Å². The van der Waals surface area contributed by atoms with Gasteiger partial charge in [-0.1, -0.05) is 202 Å². The van der Waals surface area contributed by atoms with E-state index < -0.39 is 5.41 Å². The maximum atomic E-state index is 2.56. The van der Waals surface area contributed by atoms with Crippen LogP contribution in [0.5, 0.6) is 0 Å². The Bertz CT molecular complexity index is 3180. The summed E-state index contributed by atoms with van der Waals surface area (Å²) in [6.45, 7) is 0. The molecule has 0 saturated heterocycles. The van der Waals surface area contributed by atoms with E-state index in [2.05, 4.69) is 217 Å². The molecule has 9 aromatic rings. The first-order chi connectivity index (χ1) is 33.2. The topological polar surface area (TPSA) is 3.24 Å². The lowest BCUT2D eigenvalue weighted by Gasteiger charge is -2.35. The van der Waals surface area contributed by atoms with Crippen molar-refractivity contribution in [3.05, 3.63) is 246 Å². The molecule has 3 atom stereocenters. The van der Waals surface area contributed by atoms with Crippen molar-refractivity contribution in [3.63, 3.8) is 0 Å². The second kappa shape index (κ2) is 16.7. The zero-order valence-electron chi connectivity index (χ0n) is 38.3. The fraction of sp³-hybridized carbons (Fsp3) is 0.212. The van der Waals surface area contributed by atoms with Crippen LogP contribution in [0.15, 0.2) is 212 Å². The Hall–Kier alpha value is -6.96. The van der Waals surface area contributed by atoms with Gasteiger partial charge >= 0.3 is 0 Å². The van der Waals surface area contributed by atoms with Crippen LogP contribution in [-0.2, 0) is 5.41 Å². The summed E-state index contributed by atoms with van der Waals surface area (Å²) in [5.41, 5.74) is 19.1. The number of nitrogens with zero attached hydrogens (tertiary/aromatic N) is 1. The minimum absolute atomic E-state index is 0.515. The molecule has 326 valence electrons. The van der Waals surface area contributed by atoms with Crippen LogP contribution >= 0.6 is 0 Å². The molecule has 13 rings (SSSR count). The Balaban J connectivity index is 1.02. The third kappa shape index (κ3) is 6.80. The van der Waals surface area contributed by atoms with Crippen molar-refractivity contribution in [1.82, 2.24) is 0 Å². The van der Waals surface area contributed by atoms with E-state index in [1.54, 1.807) is 0 Å². The van der Waals surface area contributed by atoms with Crippen LogP contribution in [0.2, 0.25) is 0 Å². The molecule has 4 aliphatic rings. The summed E-state index contributed by atoms with van der Waals surface area (Å²) in [4.78, 5) is 2.54. The second-order valence-electron chi connectivity index (χ2n) is 20.2. The third-order valence-corrected chi connectivity index (χ3v) is 16.6. The van der Waals surface area contributed by atoms with E-state index in [4.69, 9.17) is 0 Å². The van der Waals surface area contributed by atoms with Crippen molar-refractivity contribution >= 4 is 27.8 Å². The highest BCUT2D eigenvalue weighted by atomic mass is 15.1. The first-order valence-electron chi connectivity index (χ1n) is 25.2. The van der Waals surface area contributed by atoms with E-state index in [1.165, 1.54) is 135 Å². The van der Waals surface area contributed by atoms with Crippen LogP contribution in [0.25, 0.3) is 44.2 Å². The number of rotatable bonds is 9. The van der Waals surface area contributed by atoms with E-state index in [1.807, 2.05) is 0 Å². The first kappa shape index (κ1) is 40.3. The van der Waals surface area contributed by atoms with Gasteiger partial charge in [0.2, 0.25) is 0 Å². The zero-order valence-corrected chi connectivity index (χ0v) is 38.3. The average Bonchev–Trinajstić information content (AvgIpc) is 4.13. The molecular weight excluding hydrogens is 807 g/mol. The third-order valence-electron chi connectivity index (χ3n) is 16.6. The highest BCUT2D eigenvalue weighted by Crippen LogP contribution is 2.60. The maximum absolute atomic E-state index is 2.56. The molecule has 0 radical (unpaired) electrons. The van der Waals surface area contributed by atoms with Gasteiger partial charge in [0.05, 0.1) is 11.1 Å². The normalized spacial score (nSPS) is 19.3. The van der Waals surface area contributed by atoms with Gasteiger partial charge in [0.15, 0.2) is 0 Å². The van der Waals surface area contributed by atoms with Crippen LogP contribution in [0, 0.1) is 11.8 Å². The molecule has 9 aromatic carbocycles. The number of anilines is 3. The predicted octanol–water partition coefficient (Wildman–Crippen LogP) is 18.0. The highest BCUT2D eigenvalue weighted by Gasteiger charge is 2.48. The molecule has 67 heavy (non-hydrogen) atoms.